The van der Waals surface area contributed by atoms with Crippen molar-refractivity contribution in [1.29, 1.82) is 0 Å². The van der Waals surface area contributed by atoms with Gasteiger partial charge >= 0.3 is 29.6 Å². The third kappa shape index (κ3) is 1.90. The van der Waals surface area contributed by atoms with Crippen molar-refractivity contribution in [1.82, 2.24) is 4.90 Å². The SMILES string of the molecule is O=C([O-])C1=C(c2ccccc2)C[C@@H]2CC(=O)N12.[Na+]. The summed E-state index contributed by atoms with van der Waals surface area (Å²) in [5.74, 6) is -1.39. The monoisotopic (exact) mass is 251 g/mol. The van der Waals surface area contributed by atoms with Crippen molar-refractivity contribution < 1.29 is 44.3 Å². The first-order valence-electron chi connectivity index (χ1n) is 5.50. The molecule has 5 heteroatoms. The van der Waals surface area contributed by atoms with E-state index in [1.54, 1.807) is 0 Å². The number of hydrogen-bond donors (Lipinski definition) is 0. The topological polar surface area (TPSA) is 60.4 Å². The first-order valence-corrected chi connectivity index (χ1v) is 5.50. The van der Waals surface area contributed by atoms with Crippen molar-refractivity contribution in [2.75, 3.05) is 0 Å². The quantitative estimate of drug-likeness (QED) is 0.420. The predicted octanol–water partition coefficient (Wildman–Crippen LogP) is -2.84. The van der Waals surface area contributed by atoms with Crippen LogP contribution in [0.3, 0.4) is 0 Å². The third-order valence-electron chi connectivity index (χ3n) is 3.33. The summed E-state index contributed by atoms with van der Waals surface area (Å²) in [7, 11) is 0. The van der Waals surface area contributed by atoms with Gasteiger partial charge in [0, 0.05) is 12.5 Å². The third-order valence-corrected chi connectivity index (χ3v) is 3.33. The number of benzene rings is 1. The molecule has 1 aromatic rings. The van der Waals surface area contributed by atoms with Crippen molar-refractivity contribution in [3.8, 4) is 0 Å². The van der Waals surface area contributed by atoms with E-state index in [0.29, 0.717) is 18.4 Å². The zero-order valence-electron chi connectivity index (χ0n) is 10.1. The Morgan fingerprint density at radius 2 is 1.89 bits per heavy atom. The molecule has 4 nitrogen and oxygen atoms in total. The summed E-state index contributed by atoms with van der Waals surface area (Å²) in [6.07, 6.45) is 1.05. The Labute approximate surface area is 127 Å². The van der Waals surface area contributed by atoms with Crippen LogP contribution in [0.1, 0.15) is 18.4 Å². The number of carbonyl (C=O) groups is 2. The molecular formula is C13H10NNaO3. The summed E-state index contributed by atoms with van der Waals surface area (Å²) in [5, 5.41) is 11.2. The summed E-state index contributed by atoms with van der Waals surface area (Å²) in [4.78, 5) is 23.9. The standard InChI is InChI=1S/C13H11NO3.Na/c15-11-7-9-6-10(8-4-2-1-3-5-8)12(13(16)17)14(9)11;/h1-5,9H,6-7H2,(H,16,17);/q;+1/p-1/t9-;/m1./s1. The fourth-order valence-corrected chi connectivity index (χ4v) is 2.55. The molecule has 1 fully saturated rings. The van der Waals surface area contributed by atoms with Gasteiger partial charge in [-0.2, -0.15) is 0 Å². The molecule has 0 saturated carbocycles. The Bertz CT molecular complexity index is 538. The van der Waals surface area contributed by atoms with Gasteiger partial charge in [0.05, 0.1) is 11.7 Å². The fourth-order valence-electron chi connectivity index (χ4n) is 2.55. The molecule has 2 aliphatic heterocycles. The number of carboxylic acids is 1. The van der Waals surface area contributed by atoms with Crippen LogP contribution < -0.4 is 34.7 Å². The van der Waals surface area contributed by atoms with Crippen LogP contribution in [-0.2, 0) is 9.59 Å². The first-order chi connectivity index (χ1) is 8.18. The molecule has 1 saturated heterocycles. The van der Waals surface area contributed by atoms with Crippen LogP contribution in [0.15, 0.2) is 36.0 Å². The molecule has 0 N–H and O–H groups in total. The van der Waals surface area contributed by atoms with E-state index >= 15 is 0 Å². The van der Waals surface area contributed by atoms with E-state index in [-0.39, 0.29) is 47.2 Å². The molecule has 0 bridgehead atoms. The largest absolute Gasteiger partial charge is 1.00 e. The zero-order valence-corrected chi connectivity index (χ0v) is 12.1. The average molecular weight is 251 g/mol. The van der Waals surface area contributed by atoms with Crippen LogP contribution >= 0.6 is 0 Å². The molecule has 0 spiro atoms. The van der Waals surface area contributed by atoms with Gasteiger partial charge in [0.15, 0.2) is 0 Å². The van der Waals surface area contributed by atoms with Crippen molar-refractivity contribution in [2.24, 2.45) is 0 Å². The number of nitrogens with zero attached hydrogens (tertiary/aromatic N) is 1. The van der Waals surface area contributed by atoms with Crippen molar-refractivity contribution in [2.45, 2.75) is 18.9 Å². The molecule has 1 atom stereocenters. The number of β-lactam (4-membered cyclic amide) rings is 1. The number of rotatable bonds is 2. The molecule has 3 rings (SSSR count). The summed E-state index contributed by atoms with van der Waals surface area (Å²) < 4.78 is 0. The molecule has 2 aliphatic rings. The van der Waals surface area contributed by atoms with Crippen LogP contribution in [-0.4, -0.2) is 22.8 Å². The van der Waals surface area contributed by atoms with Crippen molar-refractivity contribution in [3.05, 3.63) is 41.6 Å². The minimum atomic E-state index is -1.26. The van der Waals surface area contributed by atoms with Gasteiger partial charge in [-0.3, -0.25) is 4.79 Å². The van der Waals surface area contributed by atoms with Crippen LogP contribution in [0.4, 0.5) is 0 Å². The Hall–Kier alpha value is -1.10. The number of fused-ring (bicyclic) bond motifs is 1. The number of aliphatic carboxylic acids is 1. The van der Waals surface area contributed by atoms with Gasteiger partial charge in [0.1, 0.15) is 0 Å². The number of carbonyl (C=O) groups excluding carboxylic acids is 2. The van der Waals surface area contributed by atoms with Gasteiger partial charge < -0.3 is 14.8 Å². The van der Waals surface area contributed by atoms with Gasteiger partial charge in [-0.1, -0.05) is 30.3 Å². The van der Waals surface area contributed by atoms with Gasteiger partial charge in [-0.15, -0.1) is 0 Å². The normalized spacial score (nSPS) is 21.2. The second kappa shape index (κ2) is 4.88. The summed E-state index contributed by atoms with van der Waals surface area (Å²) in [6, 6.07) is 9.31. The smallest absolute Gasteiger partial charge is 0.543 e. The van der Waals surface area contributed by atoms with Crippen LogP contribution in [0.25, 0.3) is 5.57 Å². The number of carboxylic acid groups (broad SMARTS) is 1. The van der Waals surface area contributed by atoms with E-state index in [9.17, 15) is 14.7 Å². The summed E-state index contributed by atoms with van der Waals surface area (Å²) >= 11 is 0. The maximum absolute atomic E-state index is 11.4. The van der Waals surface area contributed by atoms with Crippen molar-refractivity contribution >= 4 is 17.4 Å². The molecule has 2 heterocycles. The molecule has 0 aromatic heterocycles. The molecule has 0 unspecified atom stereocenters. The Balaban J connectivity index is 0.00000120. The molecule has 0 aliphatic carbocycles. The summed E-state index contributed by atoms with van der Waals surface area (Å²) in [5.41, 5.74) is 1.62. The van der Waals surface area contributed by atoms with E-state index in [1.807, 2.05) is 30.3 Å². The van der Waals surface area contributed by atoms with E-state index in [4.69, 9.17) is 0 Å². The van der Waals surface area contributed by atoms with E-state index in [0.717, 1.165) is 5.56 Å². The van der Waals surface area contributed by atoms with Gasteiger partial charge in [-0.25, -0.2) is 0 Å². The second-order valence-corrected chi connectivity index (χ2v) is 4.31. The van der Waals surface area contributed by atoms with E-state index in [1.165, 1.54) is 4.90 Å². The molecule has 0 radical (unpaired) electrons. The average Bonchev–Trinajstić information content (AvgIpc) is 2.63. The maximum atomic E-state index is 11.4. The van der Waals surface area contributed by atoms with Crippen LogP contribution in [0.5, 0.6) is 0 Å². The molecular weight excluding hydrogens is 241 g/mol. The molecule has 86 valence electrons. The van der Waals surface area contributed by atoms with E-state index in [2.05, 4.69) is 0 Å². The second-order valence-electron chi connectivity index (χ2n) is 4.31. The van der Waals surface area contributed by atoms with Gasteiger partial charge in [0.2, 0.25) is 5.91 Å². The van der Waals surface area contributed by atoms with Crippen molar-refractivity contribution in [3.63, 3.8) is 0 Å². The maximum Gasteiger partial charge on any atom is 1.00 e. The minimum absolute atomic E-state index is 0. The van der Waals surface area contributed by atoms with Crippen LogP contribution in [0, 0.1) is 0 Å². The first kappa shape index (κ1) is 13.3. The Morgan fingerprint density at radius 3 is 2.44 bits per heavy atom. The Morgan fingerprint density at radius 1 is 1.22 bits per heavy atom. The predicted molar refractivity (Wildman–Crippen MR) is 58.2 cm³/mol. The Kier molecular flexibility index (Phi) is 3.61. The minimum Gasteiger partial charge on any atom is -0.543 e. The van der Waals surface area contributed by atoms with Gasteiger partial charge in [0.25, 0.3) is 0 Å². The number of amides is 1. The molecule has 1 amide bonds. The van der Waals surface area contributed by atoms with Gasteiger partial charge in [-0.05, 0) is 17.6 Å². The van der Waals surface area contributed by atoms with E-state index < -0.39 is 5.97 Å². The number of hydrogen-bond acceptors (Lipinski definition) is 3. The molecule has 1 aromatic carbocycles. The summed E-state index contributed by atoms with van der Waals surface area (Å²) in [6.45, 7) is 0. The fraction of sp³-hybridized carbons (Fsp3) is 0.231. The zero-order chi connectivity index (χ0) is 12.0. The van der Waals surface area contributed by atoms with Crippen LogP contribution in [0.2, 0.25) is 0 Å². The molecule has 18 heavy (non-hydrogen) atoms.